The maximum Gasteiger partial charge on any atom is 0.316 e. The molecule has 0 N–H and O–H groups in total. The minimum absolute atomic E-state index is 0.437. The lowest BCUT2D eigenvalue weighted by atomic mass is 10.1. The van der Waals surface area contributed by atoms with E-state index in [4.69, 9.17) is 9.47 Å². The minimum Gasteiger partial charge on any atom is -0.478 e. The van der Waals surface area contributed by atoms with E-state index in [1.54, 1.807) is 12.4 Å². The van der Waals surface area contributed by atoms with Crippen molar-refractivity contribution in [2.24, 2.45) is 0 Å². The molecule has 0 aliphatic heterocycles. The van der Waals surface area contributed by atoms with Gasteiger partial charge in [-0.1, -0.05) is 70.8 Å². The van der Waals surface area contributed by atoms with Gasteiger partial charge in [-0.15, -0.1) is 6.58 Å². The average molecular weight is 440 g/mol. The molecule has 0 atom stereocenters. The molecule has 0 unspecified atom stereocenters. The number of allylic oxidation sites excluding steroid dienone is 1. The molecule has 2 heterocycles. The first kappa shape index (κ1) is 25.8. The fourth-order valence-corrected chi connectivity index (χ4v) is 3.50. The summed E-state index contributed by atoms with van der Waals surface area (Å²) in [5.74, 6) is 0.670. The summed E-state index contributed by atoms with van der Waals surface area (Å²) in [6.07, 6.45) is 23.4. The van der Waals surface area contributed by atoms with Gasteiger partial charge in [0.1, 0.15) is 0 Å². The lowest BCUT2D eigenvalue weighted by molar-refractivity contribution is 0.281. The Morgan fingerprint density at radius 1 is 0.688 bits per heavy atom. The summed E-state index contributed by atoms with van der Waals surface area (Å²) in [5, 5.41) is 0. The van der Waals surface area contributed by atoms with Gasteiger partial charge in [0, 0.05) is 35.8 Å². The van der Waals surface area contributed by atoms with Crippen LogP contribution in [-0.4, -0.2) is 28.2 Å². The predicted molar refractivity (Wildman–Crippen MR) is 132 cm³/mol. The van der Waals surface area contributed by atoms with Gasteiger partial charge in [0.25, 0.3) is 0 Å². The highest BCUT2D eigenvalue weighted by Gasteiger charge is 2.04. The third kappa shape index (κ3) is 11.3. The van der Waals surface area contributed by atoms with E-state index < -0.39 is 0 Å². The number of hydrogen-bond acceptors (Lipinski definition) is 5. The Hall–Kier alpha value is -2.43. The van der Waals surface area contributed by atoms with Gasteiger partial charge in [-0.3, -0.25) is 0 Å². The van der Waals surface area contributed by atoms with Crippen LogP contribution in [-0.2, 0) is 0 Å². The van der Waals surface area contributed by atoms with Gasteiger partial charge in [0.15, 0.2) is 0 Å². The van der Waals surface area contributed by atoms with Crippen molar-refractivity contribution in [1.82, 2.24) is 15.0 Å². The minimum atomic E-state index is 0.437. The summed E-state index contributed by atoms with van der Waals surface area (Å²) in [7, 11) is 0. The molecule has 5 nitrogen and oxygen atoms in total. The standard InChI is InChI=1S/C27H41N3O2/c1-3-5-7-9-11-12-14-16-20-32-27-29-22-25(23-30-27)24-17-18-26(28-21-24)31-19-15-13-10-8-6-4-2/h3,17-18,21-23H,1,4-16,19-20H2,2H3. The first-order valence-corrected chi connectivity index (χ1v) is 12.5. The number of hydrogen-bond donors (Lipinski definition) is 0. The zero-order chi connectivity index (χ0) is 22.7. The van der Waals surface area contributed by atoms with E-state index >= 15 is 0 Å². The molecule has 0 aliphatic carbocycles. The number of pyridine rings is 1. The summed E-state index contributed by atoms with van der Waals surface area (Å²) >= 11 is 0. The van der Waals surface area contributed by atoms with Crippen molar-refractivity contribution < 1.29 is 9.47 Å². The Kier molecular flexibility index (Phi) is 13.9. The normalized spacial score (nSPS) is 10.8. The van der Waals surface area contributed by atoms with Crippen molar-refractivity contribution in [3.63, 3.8) is 0 Å². The van der Waals surface area contributed by atoms with Crippen LogP contribution in [0.4, 0.5) is 0 Å². The predicted octanol–water partition coefficient (Wildman–Crippen LogP) is 7.57. The summed E-state index contributed by atoms with van der Waals surface area (Å²) in [6, 6.07) is 4.35. The zero-order valence-corrected chi connectivity index (χ0v) is 19.9. The fourth-order valence-electron chi connectivity index (χ4n) is 3.50. The number of ether oxygens (including phenoxy) is 2. The monoisotopic (exact) mass is 439 g/mol. The number of rotatable bonds is 19. The maximum atomic E-state index is 5.75. The molecule has 5 heteroatoms. The molecular formula is C27H41N3O2. The van der Waals surface area contributed by atoms with E-state index in [0.29, 0.717) is 18.5 Å². The topological polar surface area (TPSA) is 57.1 Å². The Morgan fingerprint density at radius 3 is 1.91 bits per heavy atom. The Balaban J connectivity index is 1.61. The molecule has 176 valence electrons. The molecule has 0 spiro atoms. The Labute approximate surface area is 194 Å². The Bertz CT molecular complexity index is 717. The van der Waals surface area contributed by atoms with Crippen molar-refractivity contribution in [3.05, 3.63) is 43.4 Å². The number of aromatic nitrogens is 3. The Morgan fingerprint density at radius 2 is 1.28 bits per heavy atom. The van der Waals surface area contributed by atoms with Gasteiger partial charge >= 0.3 is 6.01 Å². The van der Waals surface area contributed by atoms with Gasteiger partial charge < -0.3 is 9.47 Å². The van der Waals surface area contributed by atoms with Gasteiger partial charge in [-0.2, -0.15) is 0 Å². The van der Waals surface area contributed by atoms with E-state index in [0.717, 1.165) is 37.0 Å². The molecule has 0 saturated carbocycles. The summed E-state index contributed by atoms with van der Waals surface area (Å²) in [4.78, 5) is 13.1. The van der Waals surface area contributed by atoms with Crippen molar-refractivity contribution >= 4 is 0 Å². The second-order valence-electron chi connectivity index (χ2n) is 8.30. The molecule has 0 fully saturated rings. The molecule has 2 aromatic rings. The highest BCUT2D eigenvalue weighted by atomic mass is 16.5. The largest absolute Gasteiger partial charge is 0.478 e. The SMILES string of the molecule is C=CCCCCCCCCOc1ncc(-c2ccc(OCCCCCCCC)nc2)cn1. The highest BCUT2D eigenvalue weighted by molar-refractivity contribution is 5.60. The van der Waals surface area contributed by atoms with Gasteiger partial charge in [-0.25, -0.2) is 15.0 Å². The summed E-state index contributed by atoms with van der Waals surface area (Å²) in [6.45, 7) is 7.39. The van der Waals surface area contributed by atoms with E-state index in [1.807, 2.05) is 24.4 Å². The highest BCUT2D eigenvalue weighted by Crippen LogP contribution is 2.20. The average Bonchev–Trinajstić information content (AvgIpc) is 2.83. The third-order valence-corrected chi connectivity index (χ3v) is 5.48. The van der Waals surface area contributed by atoms with Crippen LogP contribution in [0, 0.1) is 0 Å². The molecule has 0 amide bonds. The van der Waals surface area contributed by atoms with Crippen LogP contribution in [0.25, 0.3) is 11.1 Å². The smallest absolute Gasteiger partial charge is 0.316 e. The zero-order valence-electron chi connectivity index (χ0n) is 19.9. The lowest BCUT2D eigenvalue weighted by Crippen LogP contribution is -2.01. The van der Waals surface area contributed by atoms with Crippen LogP contribution < -0.4 is 9.47 Å². The molecule has 0 bridgehead atoms. The van der Waals surface area contributed by atoms with Gasteiger partial charge in [0.2, 0.25) is 5.88 Å². The second-order valence-corrected chi connectivity index (χ2v) is 8.30. The van der Waals surface area contributed by atoms with Crippen LogP contribution in [0.2, 0.25) is 0 Å². The van der Waals surface area contributed by atoms with Crippen molar-refractivity contribution in [1.29, 1.82) is 0 Å². The van der Waals surface area contributed by atoms with Crippen LogP contribution in [0.5, 0.6) is 11.9 Å². The quantitative estimate of drug-likeness (QED) is 0.167. The molecule has 0 saturated heterocycles. The molecular weight excluding hydrogens is 398 g/mol. The molecule has 2 rings (SSSR count). The number of nitrogens with zero attached hydrogens (tertiary/aromatic N) is 3. The molecule has 2 aromatic heterocycles. The van der Waals surface area contributed by atoms with E-state index in [9.17, 15) is 0 Å². The van der Waals surface area contributed by atoms with Crippen molar-refractivity contribution in [2.75, 3.05) is 13.2 Å². The lowest BCUT2D eigenvalue weighted by Gasteiger charge is -2.07. The van der Waals surface area contributed by atoms with E-state index in [2.05, 4.69) is 28.5 Å². The summed E-state index contributed by atoms with van der Waals surface area (Å²) < 4.78 is 11.4. The van der Waals surface area contributed by atoms with Crippen molar-refractivity contribution in [3.8, 4) is 23.0 Å². The van der Waals surface area contributed by atoms with Crippen LogP contribution in [0.1, 0.15) is 90.4 Å². The van der Waals surface area contributed by atoms with Gasteiger partial charge in [0.05, 0.1) is 13.2 Å². The van der Waals surface area contributed by atoms with Gasteiger partial charge in [-0.05, 0) is 31.7 Å². The third-order valence-electron chi connectivity index (χ3n) is 5.48. The van der Waals surface area contributed by atoms with Crippen molar-refractivity contribution in [2.45, 2.75) is 90.4 Å². The second kappa shape index (κ2) is 17.2. The molecule has 0 aromatic carbocycles. The fraction of sp³-hybridized carbons (Fsp3) is 0.593. The first-order chi connectivity index (χ1) is 15.8. The van der Waals surface area contributed by atoms with Crippen LogP contribution in [0.3, 0.4) is 0 Å². The molecule has 0 radical (unpaired) electrons. The first-order valence-electron chi connectivity index (χ1n) is 12.5. The molecule has 0 aliphatic rings. The maximum absolute atomic E-state index is 5.75. The van der Waals surface area contributed by atoms with Crippen LogP contribution >= 0.6 is 0 Å². The van der Waals surface area contributed by atoms with E-state index in [1.165, 1.54) is 64.2 Å². The summed E-state index contributed by atoms with van der Waals surface area (Å²) in [5.41, 5.74) is 1.90. The van der Waals surface area contributed by atoms with Crippen LogP contribution in [0.15, 0.2) is 43.4 Å². The number of unbranched alkanes of at least 4 members (excludes halogenated alkanes) is 11. The molecule has 32 heavy (non-hydrogen) atoms. The van der Waals surface area contributed by atoms with E-state index in [-0.39, 0.29) is 0 Å².